The number of hydrogen-bond donors (Lipinski definition) is 1. The first-order chi connectivity index (χ1) is 6.68. The summed E-state index contributed by atoms with van der Waals surface area (Å²) in [7, 11) is 0. The normalized spacial score (nSPS) is 26.7. The summed E-state index contributed by atoms with van der Waals surface area (Å²) in [4.78, 5) is 0. The molecule has 0 aliphatic carbocycles. The molecule has 1 aromatic rings. The van der Waals surface area contributed by atoms with Gasteiger partial charge in [-0.1, -0.05) is 28.1 Å². The van der Waals surface area contributed by atoms with Gasteiger partial charge in [0.05, 0.1) is 0 Å². The Morgan fingerprint density at radius 1 is 1.36 bits per heavy atom. The molecule has 1 fully saturated rings. The molecule has 3 heteroatoms. The van der Waals surface area contributed by atoms with Crippen molar-refractivity contribution >= 4 is 15.9 Å². The molecule has 1 saturated heterocycles. The van der Waals surface area contributed by atoms with E-state index in [1.165, 1.54) is 0 Å². The first kappa shape index (κ1) is 10.1. The molecule has 0 spiro atoms. The van der Waals surface area contributed by atoms with Crippen LogP contribution in [0.2, 0.25) is 0 Å². The molecule has 0 saturated carbocycles. The molecule has 1 atom stereocenters. The maximum absolute atomic E-state index is 14.0. The Bertz CT molecular complexity index is 304. The zero-order valence-corrected chi connectivity index (χ0v) is 9.48. The van der Waals surface area contributed by atoms with Crippen molar-refractivity contribution < 1.29 is 4.39 Å². The van der Waals surface area contributed by atoms with Gasteiger partial charge in [-0.2, -0.15) is 0 Å². The van der Waals surface area contributed by atoms with Gasteiger partial charge in [-0.25, -0.2) is 4.39 Å². The van der Waals surface area contributed by atoms with E-state index in [4.69, 9.17) is 0 Å². The molecule has 0 bridgehead atoms. The van der Waals surface area contributed by atoms with E-state index in [0.717, 1.165) is 16.6 Å². The van der Waals surface area contributed by atoms with E-state index in [0.29, 0.717) is 19.4 Å². The quantitative estimate of drug-likeness (QED) is 0.860. The Balaban J connectivity index is 2.06. The number of rotatable bonds is 2. The van der Waals surface area contributed by atoms with Crippen LogP contribution in [0.1, 0.15) is 12.0 Å². The van der Waals surface area contributed by atoms with Crippen molar-refractivity contribution in [2.24, 2.45) is 0 Å². The van der Waals surface area contributed by atoms with Crippen LogP contribution in [0.3, 0.4) is 0 Å². The lowest BCUT2D eigenvalue weighted by molar-refractivity contribution is 0.190. The number of hydrogen-bond acceptors (Lipinski definition) is 1. The Morgan fingerprint density at radius 2 is 2.07 bits per heavy atom. The molecule has 76 valence electrons. The number of nitrogens with one attached hydrogen (secondary N) is 1. The molecule has 1 aliphatic rings. The summed E-state index contributed by atoms with van der Waals surface area (Å²) in [5.41, 5.74) is 0.0350. The molecule has 1 heterocycles. The molecule has 14 heavy (non-hydrogen) atoms. The molecule has 1 aromatic carbocycles. The van der Waals surface area contributed by atoms with E-state index < -0.39 is 5.67 Å². The highest BCUT2D eigenvalue weighted by Gasteiger charge is 2.33. The van der Waals surface area contributed by atoms with Crippen molar-refractivity contribution in [2.45, 2.75) is 18.5 Å². The third kappa shape index (κ3) is 2.34. The fourth-order valence-corrected chi connectivity index (χ4v) is 2.10. The lowest BCUT2D eigenvalue weighted by Gasteiger charge is -2.17. The summed E-state index contributed by atoms with van der Waals surface area (Å²) in [6.07, 6.45) is 1.15. The van der Waals surface area contributed by atoms with Crippen molar-refractivity contribution in [1.29, 1.82) is 0 Å². The first-order valence-corrected chi connectivity index (χ1v) is 5.61. The summed E-state index contributed by atoms with van der Waals surface area (Å²) >= 11 is 3.37. The van der Waals surface area contributed by atoms with E-state index in [2.05, 4.69) is 21.2 Å². The predicted molar refractivity (Wildman–Crippen MR) is 59.2 cm³/mol. The van der Waals surface area contributed by atoms with Gasteiger partial charge in [-0.3, -0.25) is 0 Å². The van der Waals surface area contributed by atoms with Gasteiger partial charge in [0.2, 0.25) is 0 Å². The smallest absolute Gasteiger partial charge is 0.128 e. The van der Waals surface area contributed by atoms with Crippen LogP contribution in [0.5, 0.6) is 0 Å². The van der Waals surface area contributed by atoms with E-state index in [9.17, 15) is 4.39 Å². The van der Waals surface area contributed by atoms with Crippen LogP contribution in [0.4, 0.5) is 4.39 Å². The van der Waals surface area contributed by atoms with Gasteiger partial charge in [0.1, 0.15) is 5.67 Å². The van der Waals surface area contributed by atoms with Crippen LogP contribution in [-0.4, -0.2) is 18.8 Å². The molecule has 2 rings (SSSR count). The summed E-state index contributed by atoms with van der Waals surface area (Å²) in [6, 6.07) is 7.87. The van der Waals surface area contributed by atoms with Crippen LogP contribution in [0.25, 0.3) is 0 Å². The van der Waals surface area contributed by atoms with Crippen molar-refractivity contribution in [1.82, 2.24) is 5.32 Å². The number of alkyl halides is 1. The summed E-state index contributed by atoms with van der Waals surface area (Å²) in [6.45, 7) is 1.29. The highest BCUT2D eigenvalue weighted by molar-refractivity contribution is 9.10. The van der Waals surface area contributed by atoms with Crippen LogP contribution in [0.15, 0.2) is 28.7 Å². The molecule has 1 nitrogen and oxygen atoms in total. The molecule has 0 aromatic heterocycles. The van der Waals surface area contributed by atoms with E-state index >= 15 is 0 Å². The second-order valence-electron chi connectivity index (χ2n) is 3.88. The second kappa shape index (κ2) is 3.99. The lowest BCUT2D eigenvalue weighted by atomic mass is 9.96. The van der Waals surface area contributed by atoms with E-state index in [1.807, 2.05) is 24.3 Å². The highest BCUT2D eigenvalue weighted by Crippen LogP contribution is 2.25. The molecular formula is C11H13BrFN. The molecule has 1 aliphatic heterocycles. The Labute approximate surface area is 91.8 Å². The average Bonchev–Trinajstić information content (AvgIpc) is 2.57. The van der Waals surface area contributed by atoms with Crippen LogP contribution in [-0.2, 0) is 6.42 Å². The fraction of sp³-hybridized carbons (Fsp3) is 0.455. The Morgan fingerprint density at radius 3 is 2.64 bits per heavy atom. The van der Waals surface area contributed by atoms with Crippen molar-refractivity contribution in [3.8, 4) is 0 Å². The summed E-state index contributed by atoms with van der Waals surface area (Å²) in [5.74, 6) is 0. The Hall–Kier alpha value is -0.410. The van der Waals surface area contributed by atoms with Gasteiger partial charge in [0, 0.05) is 17.4 Å². The molecule has 0 radical (unpaired) electrons. The van der Waals surface area contributed by atoms with E-state index in [1.54, 1.807) is 0 Å². The maximum Gasteiger partial charge on any atom is 0.128 e. The van der Waals surface area contributed by atoms with E-state index in [-0.39, 0.29) is 0 Å². The van der Waals surface area contributed by atoms with Gasteiger partial charge in [-0.15, -0.1) is 0 Å². The van der Waals surface area contributed by atoms with Crippen LogP contribution in [0, 0.1) is 0 Å². The minimum Gasteiger partial charge on any atom is -0.313 e. The predicted octanol–water partition coefficient (Wildman–Crippen LogP) is 2.69. The lowest BCUT2D eigenvalue weighted by Crippen LogP contribution is -2.28. The maximum atomic E-state index is 14.0. The second-order valence-corrected chi connectivity index (χ2v) is 4.80. The van der Waals surface area contributed by atoms with Crippen molar-refractivity contribution in [3.63, 3.8) is 0 Å². The van der Waals surface area contributed by atoms with Gasteiger partial charge in [-0.05, 0) is 30.7 Å². The monoisotopic (exact) mass is 257 g/mol. The molecular weight excluding hydrogens is 245 g/mol. The Kier molecular flexibility index (Phi) is 2.88. The van der Waals surface area contributed by atoms with Gasteiger partial charge < -0.3 is 5.32 Å². The van der Waals surface area contributed by atoms with Gasteiger partial charge in [0.15, 0.2) is 0 Å². The highest BCUT2D eigenvalue weighted by atomic mass is 79.9. The SMILES string of the molecule is FC1(Cc2ccc(Br)cc2)CCNC1. The standard InChI is InChI=1S/C11H13BrFN/c12-10-3-1-9(2-4-10)7-11(13)5-6-14-8-11/h1-4,14H,5-8H2. The fourth-order valence-electron chi connectivity index (χ4n) is 1.83. The molecule has 1 unspecified atom stereocenters. The number of halogens is 2. The van der Waals surface area contributed by atoms with Crippen molar-refractivity contribution in [2.75, 3.05) is 13.1 Å². The minimum atomic E-state index is -1.03. The van der Waals surface area contributed by atoms with Gasteiger partial charge in [0.25, 0.3) is 0 Å². The van der Waals surface area contributed by atoms with Crippen molar-refractivity contribution in [3.05, 3.63) is 34.3 Å². The zero-order valence-electron chi connectivity index (χ0n) is 7.89. The zero-order chi connectivity index (χ0) is 10.0. The first-order valence-electron chi connectivity index (χ1n) is 4.82. The molecule has 1 N–H and O–H groups in total. The van der Waals surface area contributed by atoms with Gasteiger partial charge >= 0.3 is 0 Å². The minimum absolute atomic E-state index is 0.489. The van der Waals surface area contributed by atoms with Crippen LogP contribution >= 0.6 is 15.9 Å². The van der Waals surface area contributed by atoms with Crippen LogP contribution < -0.4 is 5.32 Å². The summed E-state index contributed by atoms with van der Waals surface area (Å²) in [5, 5.41) is 3.06. The summed E-state index contributed by atoms with van der Waals surface area (Å²) < 4.78 is 15.1. The third-order valence-corrected chi connectivity index (χ3v) is 3.15. The topological polar surface area (TPSA) is 12.0 Å². The largest absolute Gasteiger partial charge is 0.313 e. The third-order valence-electron chi connectivity index (χ3n) is 2.63. The number of benzene rings is 1. The molecule has 0 amide bonds. The average molecular weight is 258 g/mol.